The summed E-state index contributed by atoms with van der Waals surface area (Å²) < 4.78 is 6.59. The number of hydrogen-bond acceptors (Lipinski definition) is 1. The fourth-order valence-corrected chi connectivity index (χ4v) is 3.79. The van der Waals surface area contributed by atoms with Gasteiger partial charge >= 0.3 is 51.4 Å². The largest absolute Gasteiger partial charge is 1.00 e. The molecule has 3 heteroatoms. The van der Waals surface area contributed by atoms with E-state index >= 15 is 0 Å². The van der Waals surface area contributed by atoms with Crippen molar-refractivity contribution in [1.29, 1.82) is 0 Å². The summed E-state index contributed by atoms with van der Waals surface area (Å²) in [5, 5.41) is 0. The van der Waals surface area contributed by atoms with Gasteiger partial charge in [0.1, 0.15) is 6.92 Å². The Morgan fingerprint density at radius 3 is 1.76 bits per heavy atom. The van der Waals surface area contributed by atoms with Crippen LogP contribution in [0.25, 0.3) is 0 Å². The van der Waals surface area contributed by atoms with Crippen LogP contribution in [0.15, 0.2) is 0 Å². The van der Waals surface area contributed by atoms with Gasteiger partial charge in [-0.3, -0.25) is 0 Å². The van der Waals surface area contributed by atoms with Crippen LogP contribution in [0.2, 0.25) is 11.6 Å². The SMILES string of the molecule is CC(C)C(C)(C)O[BH-]1C2CCCC1CCC2.[K+]. The normalized spacial score (nSPS) is 33.4. The van der Waals surface area contributed by atoms with Crippen LogP contribution in [0.4, 0.5) is 0 Å². The first-order valence-corrected chi connectivity index (χ1v) is 7.39. The average molecular weight is 262 g/mol. The van der Waals surface area contributed by atoms with Gasteiger partial charge in [0.25, 0.3) is 0 Å². The van der Waals surface area contributed by atoms with Crippen LogP contribution in [0.3, 0.4) is 0 Å². The first-order chi connectivity index (χ1) is 7.50. The van der Waals surface area contributed by atoms with Crippen LogP contribution in [0, 0.1) is 5.92 Å². The summed E-state index contributed by atoms with van der Waals surface area (Å²) in [7, 11) is 0. The summed E-state index contributed by atoms with van der Waals surface area (Å²) in [6.07, 6.45) is 8.72. The number of fused-ring (bicyclic) bond motifs is 2. The molecule has 0 aromatic rings. The minimum atomic E-state index is -0.330. The van der Waals surface area contributed by atoms with Crippen molar-refractivity contribution in [3.8, 4) is 0 Å². The van der Waals surface area contributed by atoms with E-state index in [9.17, 15) is 0 Å². The van der Waals surface area contributed by atoms with Crippen LogP contribution < -0.4 is 51.4 Å². The number of rotatable bonds is 3. The van der Waals surface area contributed by atoms with Crippen molar-refractivity contribution in [2.24, 2.45) is 5.92 Å². The van der Waals surface area contributed by atoms with Gasteiger partial charge in [-0.1, -0.05) is 52.4 Å². The van der Waals surface area contributed by atoms with Crippen LogP contribution in [0.5, 0.6) is 0 Å². The molecular weight excluding hydrogens is 234 g/mol. The molecule has 0 aromatic carbocycles. The van der Waals surface area contributed by atoms with E-state index in [0.717, 1.165) is 11.6 Å². The molecule has 2 bridgehead atoms. The Morgan fingerprint density at radius 1 is 1.00 bits per heavy atom. The van der Waals surface area contributed by atoms with Crippen molar-refractivity contribution in [3.05, 3.63) is 0 Å². The van der Waals surface area contributed by atoms with E-state index < -0.39 is 0 Å². The molecule has 0 aromatic heterocycles. The predicted molar refractivity (Wildman–Crippen MR) is 72.4 cm³/mol. The Bertz CT molecular complexity index is 220. The van der Waals surface area contributed by atoms with E-state index in [0.29, 0.717) is 5.92 Å². The van der Waals surface area contributed by atoms with Crippen molar-refractivity contribution < 1.29 is 56.0 Å². The Balaban J connectivity index is 0.00000144. The summed E-state index contributed by atoms with van der Waals surface area (Å²) in [4.78, 5) is 0. The zero-order valence-corrected chi connectivity index (χ0v) is 15.7. The van der Waals surface area contributed by atoms with Gasteiger partial charge in [-0.2, -0.15) is 0 Å². The predicted octanol–water partition coefficient (Wildman–Crippen LogP) is 1.27. The second kappa shape index (κ2) is 6.90. The van der Waals surface area contributed by atoms with Gasteiger partial charge in [0.2, 0.25) is 0 Å². The molecule has 0 spiro atoms. The fraction of sp³-hybridized carbons (Fsp3) is 1.00. The van der Waals surface area contributed by atoms with Crippen molar-refractivity contribution in [3.63, 3.8) is 0 Å². The first-order valence-electron chi connectivity index (χ1n) is 7.39. The molecule has 2 aliphatic heterocycles. The molecule has 0 aliphatic carbocycles. The monoisotopic (exact) mass is 262 g/mol. The van der Waals surface area contributed by atoms with E-state index in [1.807, 2.05) is 0 Å². The smallest absolute Gasteiger partial charge is 0.588 e. The van der Waals surface area contributed by atoms with Gasteiger partial charge in [0, 0.05) is 5.60 Å². The molecular formula is C14H28BKO. The zero-order valence-electron chi connectivity index (χ0n) is 12.6. The van der Waals surface area contributed by atoms with Crippen molar-refractivity contribution in [2.45, 2.75) is 83.5 Å². The Morgan fingerprint density at radius 2 is 1.41 bits per heavy atom. The molecule has 0 radical (unpaired) electrons. The molecule has 0 amide bonds. The van der Waals surface area contributed by atoms with Gasteiger partial charge in [0.05, 0.1) is 0 Å². The summed E-state index contributed by atoms with van der Waals surface area (Å²) in [6, 6.07) is 0. The van der Waals surface area contributed by atoms with E-state index in [1.54, 1.807) is 0 Å². The van der Waals surface area contributed by atoms with Crippen molar-refractivity contribution in [1.82, 2.24) is 0 Å². The van der Waals surface area contributed by atoms with Crippen molar-refractivity contribution in [2.75, 3.05) is 0 Å². The van der Waals surface area contributed by atoms with Crippen LogP contribution >= 0.6 is 0 Å². The van der Waals surface area contributed by atoms with Gasteiger partial charge in [-0.25, -0.2) is 0 Å². The van der Waals surface area contributed by atoms with E-state index in [2.05, 4.69) is 27.7 Å². The van der Waals surface area contributed by atoms with Crippen LogP contribution in [-0.4, -0.2) is 12.5 Å². The molecule has 0 unspecified atom stereocenters. The van der Waals surface area contributed by atoms with Gasteiger partial charge in [0.15, 0.2) is 0 Å². The maximum atomic E-state index is 6.59. The minimum absolute atomic E-state index is 0. The topological polar surface area (TPSA) is 9.23 Å². The fourth-order valence-electron chi connectivity index (χ4n) is 3.79. The van der Waals surface area contributed by atoms with Gasteiger partial charge in [-0.15, -0.1) is 11.6 Å². The molecule has 0 atom stereocenters. The van der Waals surface area contributed by atoms with Gasteiger partial charge in [-0.05, 0) is 19.8 Å². The second-order valence-corrected chi connectivity index (χ2v) is 7.07. The second-order valence-electron chi connectivity index (χ2n) is 7.07. The molecule has 2 aliphatic rings. The van der Waals surface area contributed by atoms with E-state index in [4.69, 9.17) is 4.65 Å². The molecule has 2 heterocycles. The van der Waals surface area contributed by atoms with Crippen LogP contribution in [0.1, 0.15) is 66.2 Å². The van der Waals surface area contributed by atoms with Gasteiger partial charge < -0.3 is 4.65 Å². The third kappa shape index (κ3) is 4.06. The average Bonchev–Trinajstić information content (AvgIpc) is 2.16. The Kier molecular flexibility index (Phi) is 6.78. The zero-order chi connectivity index (χ0) is 11.8. The molecule has 0 N–H and O–H groups in total. The summed E-state index contributed by atoms with van der Waals surface area (Å²) in [6.45, 7) is 8.82. The molecule has 2 rings (SSSR count). The van der Waals surface area contributed by atoms with Crippen molar-refractivity contribution >= 4 is 6.92 Å². The summed E-state index contributed by atoms with van der Waals surface area (Å²) in [5.74, 6) is 2.53. The molecule has 2 fully saturated rings. The maximum Gasteiger partial charge on any atom is 1.00 e. The van der Waals surface area contributed by atoms with Crippen LogP contribution in [-0.2, 0) is 4.65 Å². The van der Waals surface area contributed by atoms with E-state index in [-0.39, 0.29) is 63.9 Å². The molecule has 1 nitrogen and oxygen atoms in total. The maximum absolute atomic E-state index is 6.59. The first kappa shape index (κ1) is 16.7. The van der Waals surface area contributed by atoms with E-state index in [1.165, 1.54) is 38.5 Å². The quantitative estimate of drug-likeness (QED) is 0.696. The third-order valence-corrected chi connectivity index (χ3v) is 5.52. The third-order valence-electron chi connectivity index (χ3n) is 5.52. The molecule has 17 heavy (non-hydrogen) atoms. The Labute approximate surface area is 150 Å². The summed E-state index contributed by atoms with van der Waals surface area (Å²) >= 11 is 0. The summed E-state index contributed by atoms with van der Waals surface area (Å²) in [5.41, 5.74) is 0.0885. The molecule has 2 saturated heterocycles. The minimum Gasteiger partial charge on any atom is -0.588 e. The standard InChI is InChI=1S/C14H28BO.K/c1-11(2)14(3,4)16-15-12-7-5-8-13(15)10-6-9-12;/h11-13,15H,5-10H2,1-4H3;/q-1;+1. The molecule has 0 saturated carbocycles. The molecule has 94 valence electrons. The number of hydrogen-bond donors (Lipinski definition) is 0. The Hall–Kier alpha value is 1.66.